The summed E-state index contributed by atoms with van der Waals surface area (Å²) in [6, 6.07) is 6.81. The highest BCUT2D eigenvalue weighted by atomic mass is 16.6. The molecule has 2 aromatic carbocycles. The van der Waals surface area contributed by atoms with Crippen molar-refractivity contribution < 1.29 is 19.7 Å². The summed E-state index contributed by atoms with van der Waals surface area (Å²) in [5.74, 6) is 0. The zero-order chi connectivity index (χ0) is 22.2. The number of hydrogen-bond donors (Lipinski definition) is 0. The molecule has 0 atom stereocenters. The number of allylic oxidation sites excluding steroid dienone is 1. The summed E-state index contributed by atoms with van der Waals surface area (Å²) in [5, 5.41) is 45.6. The van der Waals surface area contributed by atoms with Crippen molar-refractivity contribution >= 4 is 28.3 Å². The Hall–Kier alpha value is -4.55. The van der Waals surface area contributed by atoms with Crippen molar-refractivity contribution in [3.8, 4) is 0 Å². The van der Waals surface area contributed by atoms with Crippen molar-refractivity contribution in [1.82, 2.24) is 0 Å². The van der Waals surface area contributed by atoms with E-state index in [1.807, 2.05) is 0 Å². The average molecular weight is 413 g/mol. The molecule has 2 aromatic rings. The summed E-state index contributed by atoms with van der Waals surface area (Å²) in [5.41, 5.74) is -2.48. The van der Waals surface area contributed by atoms with E-state index in [9.17, 15) is 40.5 Å². The Morgan fingerprint density at radius 3 is 1.93 bits per heavy atom. The zero-order valence-corrected chi connectivity index (χ0v) is 15.2. The molecule has 30 heavy (non-hydrogen) atoms. The standard InChI is InChI=1S/C17H11N5O8/c1-9-2-4-12(14(6-9)20(25)26)16-17(22(29)30)13(8-18-16)11-5-3-10(19(23)24)7-15(11)21(27)28/h2-7H,8H2,1H3. The molecule has 0 spiro atoms. The molecular formula is C17H11N5O8. The van der Waals surface area contributed by atoms with Crippen LogP contribution in [0.1, 0.15) is 16.7 Å². The molecule has 0 unspecified atom stereocenters. The maximum Gasteiger partial charge on any atom is 0.301 e. The molecule has 1 heterocycles. The van der Waals surface area contributed by atoms with E-state index in [1.54, 1.807) is 6.92 Å². The van der Waals surface area contributed by atoms with E-state index < -0.39 is 42.5 Å². The number of nitrogens with zero attached hydrogens (tertiary/aromatic N) is 5. The third kappa shape index (κ3) is 3.46. The average Bonchev–Trinajstić information content (AvgIpc) is 3.12. The van der Waals surface area contributed by atoms with Crippen LogP contribution in [-0.4, -0.2) is 31.9 Å². The van der Waals surface area contributed by atoms with Gasteiger partial charge in [0.25, 0.3) is 17.1 Å². The number of non-ortho nitro benzene ring substituents is 1. The third-order valence-electron chi connectivity index (χ3n) is 4.41. The van der Waals surface area contributed by atoms with Gasteiger partial charge in [0.1, 0.15) is 0 Å². The lowest BCUT2D eigenvalue weighted by atomic mass is 9.98. The van der Waals surface area contributed by atoms with Crippen molar-refractivity contribution in [3.05, 3.63) is 99.2 Å². The molecule has 1 aliphatic rings. The smallest absolute Gasteiger partial charge is 0.273 e. The first-order valence-electron chi connectivity index (χ1n) is 8.22. The van der Waals surface area contributed by atoms with Crippen molar-refractivity contribution in [3.63, 3.8) is 0 Å². The minimum absolute atomic E-state index is 0.100. The van der Waals surface area contributed by atoms with Crippen LogP contribution in [0.2, 0.25) is 0 Å². The van der Waals surface area contributed by atoms with Gasteiger partial charge < -0.3 is 0 Å². The van der Waals surface area contributed by atoms with Gasteiger partial charge in [-0.05, 0) is 24.6 Å². The molecule has 0 N–H and O–H groups in total. The molecule has 1 aliphatic heterocycles. The van der Waals surface area contributed by atoms with Crippen LogP contribution in [0.4, 0.5) is 17.1 Å². The number of hydrogen-bond acceptors (Lipinski definition) is 9. The van der Waals surface area contributed by atoms with Gasteiger partial charge in [0, 0.05) is 12.1 Å². The van der Waals surface area contributed by atoms with Crippen LogP contribution < -0.4 is 0 Å². The Balaban J connectivity index is 2.25. The van der Waals surface area contributed by atoms with Crippen molar-refractivity contribution in [2.45, 2.75) is 6.92 Å². The van der Waals surface area contributed by atoms with Gasteiger partial charge in [-0.3, -0.25) is 45.4 Å². The van der Waals surface area contributed by atoms with Crippen LogP contribution >= 0.6 is 0 Å². The molecule has 0 aromatic heterocycles. The molecular weight excluding hydrogens is 402 g/mol. The van der Waals surface area contributed by atoms with Crippen LogP contribution in [0.5, 0.6) is 0 Å². The molecule has 0 bridgehead atoms. The summed E-state index contributed by atoms with van der Waals surface area (Å²) in [7, 11) is 0. The molecule has 3 rings (SSSR count). The van der Waals surface area contributed by atoms with Gasteiger partial charge in [0.2, 0.25) is 0 Å². The van der Waals surface area contributed by atoms with Crippen LogP contribution in [0.25, 0.3) is 5.57 Å². The Bertz CT molecular complexity index is 1200. The highest BCUT2D eigenvalue weighted by Crippen LogP contribution is 2.37. The normalized spacial score (nSPS) is 13.2. The van der Waals surface area contributed by atoms with Crippen molar-refractivity contribution in [2.75, 3.05) is 6.54 Å². The van der Waals surface area contributed by atoms with Gasteiger partial charge in [0.05, 0.1) is 49.0 Å². The SMILES string of the molecule is Cc1ccc(C2=NCC(c3ccc([N+](=O)[O-])cc3[N+](=O)[O-])=C2[N+](=O)[O-])c([N+](=O)[O-])c1. The van der Waals surface area contributed by atoms with Gasteiger partial charge in [-0.2, -0.15) is 0 Å². The molecule has 0 aliphatic carbocycles. The van der Waals surface area contributed by atoms with Crippen LogP contribution in [0, 0.1) is 47.4 Å². The lowest BCUT2D eigenvalue weighted by Gasteiger charge is -2.05. The fourth-order valence-electron chi connectivity index (χ4n) is 3.11. The minimum atomic E-state index is -0.890. The number of nitro groups is 4. The predicted octanol–water partition coefficient (Wildman–Crippen LogP) is 3.21. The van der Waals surface area contributed by atoms with Crippen molar-refractivity contribution in [2.24, 2.45) is 4.99 Å². The number of aryl methyl sites for hydroxylation is 1. The Morgan fingerprint density at radius 2 is 1.37 bits per heavy atom. The van der Waals surface area contributed by atoms with E-state index in [0.717, 1.165) is 12.1 Å². The van der Waals surface area contributed by atoms with E-state index in [-0.39, 0.29) is 29.0 Å². The summed E-state index contributed by atoms with van der Waals surface area (Å²) < 4.78 is 0. The van der Waals surface area contributed by atoms with Gasteiger partial charge in [0.15, 0.2) is 5.71 Å². The fraction of sp³-hybridized carbons (Fsp3) is 0.118. The van der Waals surface area contributed by atoms with E-state index >= 15 is 0 Å². The van der Waals surface area contributed by atoms with Crippen LogP contribution in [0.15, 0.2) is 47.1 Å². The summed E-state index contributed by atoms with van der Waals surface area (Å²) in [6.45, 7) is 1.26. The first-order valence-corrected chi connectivity index (χ1v) is 8.22. The maximum atomic E-state index is 11.8. The number of aliphatic imine (C=N–C) groups is 1. The molecule has 0 fully saturated rings. The molecule has 0 amide bonds. The first-order chi connectivity index (χ1) is 14.1. The largest absolute Gasteiger partial charge is 0.301 e. The molecule has 0 radical (unpaired) electrons. The maximum absolute atomic E-state index is 11.8. The second-order valence-electron chi connectivity index (χ2n) is 6.24. The highest BCUT2D eigenvalue weighted by molar-refractivity contribution is 6.19. The third-order valence-corrected chi connectivity index (χ3v) is 4.41. The molecule has 13 heteroatoms. The van der Waals surface area contributed by atoms with Gasteiger partial charge in [-0.1, -0.05) is 6.07 Å². The van der Waals surface area contributed by atoms with Crippen LogP contribution in [0.3, 0.4) is 0 Å². The van der Waals surface area contributed by atoms with Gasteiger partial charge in [-0.25, -0.2) is 0 Å². The highest BCUT2D eigenvalue weighted by Gasteiger charge is 2.38. The first kappa shape index (κ1) is 20.2. The van der Waals surface area contributed by atoms with E-state index in [4.69, 9.17) is 0 Å². The Morgan fingerprint density at radius 1 is 0.767 bits per heavy atom. The number of nitro benzene ring substituents is 3. The van der Waals surface area contributed by atoms with Gasteiger partial charge in [-0.15, -0.1) is 0 Å². The van der Waals surface area contributed by atoms with E-state index in [2.05, 4.69) is 4.99 Å². The second kappa shape index (κ2) is 7.46. The Kier molecular flexibility index (Phi) is 5.02. The lowest BCUT2D eigenvalue weighted by molar-refractivity contribution is -0.414. The summed E-state index contributed by atoms with van der Waals surface area (Å²) in [4.78, 5) is 46.4. The van der Waals surface area contributed by atoms with Crippen LogP contribution in [-0.2, 0) is 0 Å². The second-order valence-corrected chi connectivity index (χ2v) is 6.24. The van der Waals surface area contributed by atoms with Crippen molar-refractivity contribution in [1.29, 1.82) is 0 Å². The minimum Gasteiger partial charge on any atom is -0.273 e. The summed E-state index contributed by atoms with van der Waals surface area (Å²) >= 11 is 0. The Labute approximate surface area is 166 Å². The fourth-order valence-corrected chi connectivity index (χ4v) is 3.11. The molecule has 152 valence electrons. The molecule has 0 saturated heterocycles. The topological polar surface area (TPSA) is 185 Å². The zero-order valence-electron chi connectivity index (χ0n) is 15.2. The quantitative estimate of drug-likeness (QED) is 0.510. The van der Waals surface area contributed by atoms with Gasteiger partial charge >= 0.3 is 5.70 Å². The molecule has 13 nitrogen and oxygen atoms in total. The van der Waals surface area contributed by atoms with E-state index in [0.29, 0.717) is 11.6 Å². The number of rotatable bonds is 6. The van der Waals surface area contributed by atoms with E-state index in [1.165, 1.54) is 18.2 Å². The lowest BCUT2D eigenvalue weighted by Crippen LogP contribution is -2.14. The summed E-state index contributed by atoms with van der Waals surface area (Å²) in [6.07, 6.45) is 0. The number of benzene rings is 2. The predicted molar refractivity (Wildman–Crippen MR) is 103 cm³/mol. The molecule has 0 saturated carbocycles. The monoisotopic (exact) mass is 413 g/mol.